The normalized spacial score (nSPS) is 13.0. The third-order valence-electron chi connectivity index (χ3n) is 1.46. The van der Waals surface area contributed by atoms with Gasteiger partial charge in [-0.25, -0.2) is 0 Å². The third-order valence-corrected chi connectivity index (χ3v) is 2.39. The van der Waals surface area contributed by atoms with Crippen molar-refractivity contribution in [3.05, 3.63) is 0 Å². The fourth-order valence-electron chi connectivity index (χ4n) is 0.736. The van der Waals surface area contributed by atoms with Crippen molar-refractivity contribution >= 4 is 17.5 Å². The average molecular weight is 176 g/mol. The number of carbonyl (C=O) groups excluding carboxylic acids is 1. The van der Waals surface area contributed by atoms with Crippen LogP contribution in [-0.2, 0) is 4.79 Å². The van der Waals surface area contributed by atoms with Gasteiger partial charge < -0.3 is 5.11 Å². The first-order valence-corrected chi connectivity index (χ1v) is 5.16. The molecule has 0 heterocycles. The fraction of sp³-hybridized carbons (Fsp3) is 0.875. The standard InChI is InChI=1S/C8H16O2S/c1-3-7(9)8(10)5-6-11-4-2/h8,10H,3-6H2,1-2H3. The summed E-state index contributed by atoms with van der Waals surface area (Å²) in [6, 6.07) is 0. The summed E-state index contributed by atoms with van der Waals surface area (Å²) in [6.45, 7) is 3.84. The van der Waals surface area contributed by atoms with Gasteiger partial charge in [0, 0.05) is 6.42 Å². The van der Waals surface area contributed by atoms with Gasteiger partial charge in [0.2, 0.25) is 0 Å². The van der Waals surface area contributed by atoms with Crippen LogP contribution in [0.4, 0.5) is 0 Å². The van der Waals surface area contributed by atoms with Crippen LogP contribution in [0.25, 0.3) is 0 Å². The van der Waals surface area contributed by atoms with E-state index in [9.17, 15) is 9.90 Å². The first-order chi connectivity index (χ1) is 5.22. The maximum Gasteiger partial charge on any atom is 0.161 e. The summed E-state index contributed by atoms with van der Waals surface area (Å²) in [5.41, 5.74) is 0. The van der Waals surface area contributed by atoms with Crippen LogP contribution in [0.2, 0.25) is 0 Å². The number of carbonyl (C=O) groups is 1. The molecule has 0 amide bonds. The van der Waals surface area contributed by atoms with Crippen molar-refractivity contribution in [2.24, 2.45) is 0 Å². The second kappa shape index (κ2) is 6.68. The van der Waals surface area contributed by atoms with Gasteiger partial charge >= 0.3 is 0 Å². The number of rotatable bonds is 6. The minimum Gasteiger partial charge on any atom is -0.385 e. The highest BCUT2D eigenvalue weighted by Gasteiger charge is 2.11. The van der Waals surface area contributed by atoms with Crippen molar-refractivity contribution in [2.45, 2.75) is 32.8 Å². The van der Waals surface area contributed by atoms with Crippen molar-refractivity contribution in [2.75, 3.05) is 11.5 Å². The molecule has 0 aromatic rings. The zero-order chi connectivity index (χ0) is 8.69. The van der Waals surface area contributed by atoms with Crippen LogP contribution in [0, 0.1) is 0 Å². The Kier molecular flexibility index (Phi) is 6.66. The molecule has 1 unspecified atom stereocenters. The molecule has 0 aliphatic heterocycles. The Labute approximate surface area is 72.4 Å². The number of hydrogen-bond donors (Lipinski definition) is 1. The minimum absolute atomic E-state index is 0.0401. The fourth-order valence-corrected chi connectivity index (χ4v) is 1.41. The largest absolute Gasteiger partial charge is 0.385 e. The summed E-state index contributed by atoms with van der Waals surface area (Å²) in [5, 5.41) is 9.18. The van der Waals surface area contributed by atoms with E-state index in [0.717, 1.165) is 11.5 Å². The van der Waals surface area contributed by atoms with Crippen LogP contribution in [0.5, 0.6) is 0 Å². The molecule has 1 N–H and O–H groups in total. The molecule has 3 heteroatoms. The van der Waals surface area contributed by atoms with Crippen LogP contribution < -0.4 is 0 Å². The van der Waals surface area contributed by atoms with E-state index in [4.69, 9.17) is 0 Å². The summed E-state index contributed by atoms with van der Waals surface area (Å²) < 4.78 is 0. The molecule has 2 nitrogen and oxygen atoms in total. The summed E-state index contributed by atoms with van der Waals surface area (Å²) in [5.74, 6) is 1.89. The van der Waals surface area contributed by atoms with Crippen molar-refractivity contribution in [1.29, 1.82) is 0 Å². The Bertz CT molecular complexity index is 115. The molecule has 0 radical (unpaired) electrons. The molecule has 0 fully saturated rings. The zero-order valence-electron chi connectivity index (χ0n) is 7.17. The van der Waals surface area contributed by atoms with Gasteiger partial charge in [0.25, 0.3) is 0 Å². The Morgan fingerprint density at radius 2 is 2.18 bits per heavy atom. The van der Waals surface area contributed by atoms with Gasteiger partial charge in [-0.15, -0.1) is 0 Å². The summed E-state index contributed by atoms with van der Waals surface area (Å²) >= 11 is 1.75. The van der Waals surface area contributed by atoms with Crippen molar-refractivity contribution in [3.8, 4) is 0 Å². The predicted octanol–water partition coefficient (Wildman–Crippen LogP) is 1.47. The van der Waals surface area contributed by atoms with Gasteiger partial charge in [0.15, 0.2) is 5.78 Å². The van der Waals surface area contributed by atoms with E-state index in [1.54, 1.807) is 18.7 Å². The minimum atomic E-state index is -0.723. The molecule has 0 aromatic heterocycles. The molecule has 66 valence electrons. The second-order valence-corrected chi connectivity index (χ2v) is 3.72. The highest BCUT2D eigenvalue weighted by atomic mass is 32.2. The first kappa shape index (κ1) is 11.0. The molecule has 0 aliphatic rings. The van der Waals surface area contributed by atoms with Gasteiger partial charge in [-0.1, -0.05) is 13.8 Å². The SMILES string of the molecule is CCSCCC(O)C(=O)CC. The highest BCUT2D eigenvalue weighted by Crippen LogP contribution is 2.05. The smallest absolute Gasteiger partial charge is 0.161 e. The maximum absolute atomic E-state index is 10.8. The Morgan fingerprint density at radius 3 is 2.64 bits per heavy atom. The van der Waals surface area contributed by atoms with E-state index < -0.39 is 6.10 Å². The van der Waals surface area contributed by atoms with Crippen LogP contribution in [0.1, 0.15) is 26.7 Å². The van der Waals surface area contributed by atoms with E-state index in [0.29, 0.717) is 12.8 Å². The average Bonchev–Trinajstić information content (AvgIpc) is 2.03. The van der Waals surface area contributed by atoms with Crippen LogP contribution in [0.15, 0.2) is 0 Å². The van der Waals surface area contributed by atoms with E-state index in [-0.39, 0.29) is 5.78 Å². The number of aliphatic hydroxyl groups excluding tert-OH is 1. The molecular formula is C8H16O2S. The van der Waals surface area contributed by atoms with Crippen LogP contribution in [0.3, 0.4) is 0 Å². The van der Waals surface area contributed by atoms with E-state index in [1.807, 2.05) is 0 Å². The molecule has 0 aliphatic carbocycles. The molecule has 0 bridgehead atoms. The lowest BCUT2D eigenvalue weighted by Crippen LogP contribution is -2.19. The first-order valence-electron chi connectivity index (χ1n) is 4.00. The molecule has 1 atom stereocenters. The predicted molar refractivity (Wildman–Crippen MR) is 48.9 cm³/mol. The van der Waals surface area contributed by atoms with Crippen LogP contribution >= 0.6 is 11.8 Å². The van der Waals surface area contributed by atoms with E-state index >= 15 is 0 Å². The Morgan fingerprint density at radius 1 is 1.55 bits per heavy atom. The topological polar surface area (TPSA) is 37.3 Å². The van der Waals surface area contributed by atoms with Crippen LogP contribution in [-0.4, -0.2) is 28.5 Å². The van der Waals surface area contributed by atoms with Crippen molar-refractivity contribution in [3.63, 3.8) is 0 Å². The Hall–Kier alpha value is -0.0200. The van der Waals surface area contributed by atoms with Crippen molar-refractivity contribution < 1.29 is 9.90 Å². The second-order valence-electron chi connectivity index (χ2n) is 2.32. The number of thioether (sulfide) groups is 1. The molecule has 0 aromatic carbocycles. The molecule has 0 saturated heterocycles. The number of hydrogen-bond acceptors (Lipinski definition) is 3. The lowest BCUT2D eigenvalue weighted by Gasteiger charge is -2.06. The summed E-state index contributed by atoms with van der Waals surface area (Å²) in [6.07, 6.45) is 0.322. The van der Waals surface area contributed by atoms with E-state index in [1.165, 1.54) is 0 Å². The van der Waals surface area contributed by atoms with Crippen molar-refractivity contribution in [1.82, 2.24) is 0 Å². The Balaban J connectivity index is 3.36. The summed E-state index contributed by atoms with van der Waals surface area (Å²) in [7, 11) is 0. The van der Waals surface area contributed by atoms with Gasteiger partial charge in [-0.3, -0.25) is 4.79 Å². The molecule has 11 heavy (non-hydrogen) atoms. The van der Waals surface area contributed by atoms with E-state index in [2.05, 4.69) is 6.92 Å². The molecular weight excluding hydrogens is 160 g/mol. The number of Topliss-reactive ketones (excluding diaryl/α,β-unsaturated/α-hetero) is 1. The monoisotopic (exact) mass is 176 g/mol. The molecule has 0 rings (SSSR count). The lowest BCUT2D eigenvalue weighted by atomic mass is 10.1. The molecule has 0 spiro atoms. The van der Waals surface area contributed by atoms with Gasteiger partial charge in [-0.2, -0.15) is 11.8 Å². The zero-order valence-corrected chi connectivity index (χ0v) is 7.99. The quantitative estimate of drug-likeness (QED) is 0.623. The summed E-state index contributed by atoms with van der Waals surface area (Å²) in [4.78, 5) is 10.8. The lowest BCUT2D eigenvalue weighted by molar-refractivity contribution is -0.126. The van der Waals surface area contributed by atoms with Gasteiger partial charge in [0.1, 0.15) is 6.10 Å². The van der Waals surface area contributed by atoms with Gasteiger partial charge in [-0.05, 0) is 17.9 Å². The number of ketones is 1. The molecule has 0 saturated carbocycles. The maximum atomic E-state index is 10.8. The third kappa shape index (κ3) is 5.27. The van der Waals surface area contributed by atoms with Gasteiger partial charge in [0.05, 0.1) is 0 Å². The highest BCUT2D eigenvalue weighted by molar-refractivity contribution is 7.99. The number of aliphatic hydroxyl groups is 1.